The number of carbonyl (C=O) groups is 1. The first-order chi connectivity index (χ1) is 6.49. The Morgan fingerprint density at radius 2 is 2.21 bits per heavy atom. The number of amides is 1. The van der Waals surface area contributed by atoms with Crippen LogP contribution in [0.3, 0.4) is 0 Å². The van der Waals surface area contributed by atoms with Crippen LogP contribution in [0.15, 0.2) is 0 Å². The van der Waals surface area contributed by atoms with Gasteiger partial charge in [-0.3, -0.25) is 9.69 Å². The number of aliphatic hydroxyl groups is 1. The molecule has 0 aromatic carbocycles. The van der Waals surface area contributed by atoms with Crippen LogP contribution >= 0.6 is 0 Å². The van der Waals surface area contributed by atoms with Gasteiger partial charge in [-0.1, -0.05) is 0 Å². The molecule has 1 amide bonds. The summed E-state index contributed by atoms with van der Waals surface area (Å²) in [6, 6.07) is 0. The van der Waals surface area contributed by atoms with Crippen LogP contribution < -0.4 is 0 Å². The van der Waals surface area contributed by atoms with Crippen LogP contribution in [0.4, 0.5) is 0 Å². The third-order valence-corrected chi connectivity index (χ3v) is 3.11. The standard InChI is InChI=1S/C10H21N2O2/c1-9(14)11-6-4-5-10(11)12(2,3)7-8-13/h10,13H,4-8H2,1-3H3/q+1. The van der Waals surface area contributed by atoms with Gasteiger partial charge >= 0.3 is 0 Å². The van der Waals surface area contributed by atoms with Gasteiger partial charge in [0.15, 0.2) is 6.17 Å². The maximum Gasteiger partial charge on any atom is 0.223 e. The van der Waals surface area contributed by atoms with E-state index in [1.807, 2.05) is 4.90 Å². The topological polar surface area (TPSA) is 40.5 Å². The monoisotopic (exact) mass is 201 g/mol. The summed E-state index contributed by atoms with van der Waals surface area (Å²) < 4.78 is 0.704. The fraction of sp³-hybridized carbons (Fsp3) is 0.900. The van der Waals surface area contributed by atoms with Gasteiger partial charge in [-0.05, 0) is 6.42 Å². The van der Waals surface area contributed by atoms with Crippen molar-refractivity contribution in [3.05, 3.63) is 0 Å². The Hall–Kier alpha value is -0.610. The lowest BCUT2D eigenvalue weighted by Gasteiger charge is -2.39. The van der Waals surface area contributed by atoms with Crippen LogP contribution in [0.1, 0.15) is 19.8 Å². The van der Waals surface area contributed by atoms with Gasteiger partial charge in [0.1, 0.15) is 6.54 Å². The smallest absolute Gasteiger partial charge is 0.223 e. The molecule has 14 heavy (non-hydrogen) atoms. The average Bonchev–Trinajstić information content (AvgIpc) is 2.51. The molecule has 0 aromatic heterocycles. The molecular formula is C10H21N2O2+. The zero-order valence-electron chi connectivity index (χ0n) is 9.36. The molecule has 1 N–H and O–H groups in total. The summed E-state index contributed by atoms with van der Waals surface area (Å²) in [5.41, 5.74) is 0. The summed E-state index contributed by atoms with van der Waals surface area (Å²) in [6.45, 7) is 3.37. The number of hydrogen-bond donors (Lipinski definition) is 1. The van der Waals surface area contributed by atoms with E-state index in [1.54, 1.807) is 6.92 Å². The molecule has 0 spiro atoms. The Bertz CT molecular complexity index is 216. The van der Waals surface area contributed by atoms with Gasteiger partial charge in [0.25, 0.3) is 0 Å². The van der Waals surface area contributed by atoms with Gasteiger partial charge in [-0.25, -0.2) is 0 Å². The number of carbonyl (C=O) groups excluding carboxylic acids is 1. The highest BCUT2D eigenvalue weighted by Crippen LogP contribution is 2.23. The average molecular weight is 201 g/mol. The van der Waals surface area contributed by atoms with Crippen LogP contribution in [0, 0.1) is 0 Å². The van der Waals surface area contributed by atoms with Crippen LogP contribution in [-0.2, 0) is 4.79 Å². The minimum absolute atomic E-state index is 0.150. The van der Waals surface area contributed by atoms with Crippen molar-refractivity contribution >= 4 is 5.91 Å². The Morgan fingerprint density at radius 3 is 2.71 bits per heavy atom. The van der Waals surface area contributed by atoms with Crippen LogP contribution in [0.25, 0.3) is 0 Å². The third kappa shape index (κ3) is 2.25. The van der Waals surface area contributed by atoms with E-state index in [2.05, 4.69) is 14.1 Å². The van der Waals surface area contributed by atoms with E-state index in [9.17, 15) is 4.79 Å². The van der Waals surface area contributed by atoms with E-state index in [4.69, 9.17) is 5.11 Å². The molecule has 0 saturated carbocycles. The first kappa shape index (κ1) is 11.5. The first-order valence-electron chi connectivity index (χ1n) is 5.20. The predicted molar refractivity (Wildman–Crippen MR) is 54.5 cm³/mol. The van der Waals surface area contributed by atoms with Gasteiger partial charge in [0.2, 0.25) is 5.91 Å². The quantitative estimate of drug-likeness (QED) is 0.654. The van der Waals surface area contributed by atoms with Gasteiger partial charge in [0.05, 0.1) is 20.7 Å². The Labute approximate surface area is 85.7 Å². The molecule has 1 saturated heterocycles. The summed E-state index contributed by atoms with van der Waals surface area (Å²) in [5, 5.41) is 8.97. The molecule has 1 atom stereocenters. The van der Waals surface area contributed by atoms with Crippen molar-refractivity contribution < 1.29 is 14.4 Å². The van der Waals surface area contributed by atoms with Gasteiger partial charge in [-0.15, -0.1) is 0 Å². The molecule has 1 rings (SSSR count). The Kier molecular flexibility index (Phi) is 3.50. The normalized spacial score (nSPS) is 22.9. The highest BCUT2D eigenvalue weighted by Gasteiger charge is 2.38. The molecule has 1 aliphatic rings. The maximum absolute atomic E-state index is 11.4. The second kappa shape index (κ2) is 4.28. The number of quaternary nitrogens is 1. The summed E-state index contributed by atoms with van der Waals surface area (Å²) in [7, 11) is 4.14. The molecule has 1 fully saturated rings. The zero-order valence-corrected chi connectivity index (χ0v) is 9.36. The summed E-state index contributed by atoms with van der Waals surface area (Å²) in [5.74, 6) is 0.150. The van der Waals surface area contributed by atoms with Crippen molar-refractivity contribution in [2.24, 2.45) is 0 Å². The Morgan fingerprint density at radius 1 is 1.57 bits per heavy atom. The third-order valence-electron chi connectivity index (χ3n) is 3.11. The first-order valence-corrected chi connectivity index (χ1v) is 5.20. The molecule has 4 nitrogen and oxygen atoms in total. The highest BCUT2D eigenvalue weighted by molar-refractivity contribution is 5.73. The van der Waals surface area contributed by atoms with E-state index >= 15 is 0 Å². The molecule has 1 unspecified atom stereocenters. The molecule has 0 radical (unpaired) electrons. The molecular weight excluding hydrogens is 180 g/mol. The number of hydrogen-bond acceptors (Lipinski definition) is 2. The fourth-order valence-electron chi connectivity index (χ4n) is 2.25. The highest BCUT2D eigenvalue weighted by atomic mass is 16.3. The van der Waals surface area contributed by atoms with Crippen LogP contribution in [0.5, 0.6) is 0 Å². The molecule has 82 valence electrons. The molecule has 4 heteroatoms. The van der Waals surface area contributed by atoms with Crippen molar-refractivity contribution in [2.45, 2.75) is 25.9 Å². The lowest BCUT2D eigenvalue weighted by atomic mass is 10.2. The second-order valence-corrected chi connectivity index (χ2v) is 4.56. The van der Waals surface area contributed by atoms with Crippen molar-refractivity contribution in [3.8, 4) is 0 Å². The number of rotatable bonds is 3. The van der Waals surface area contributed by atoms with E-state index in [1.165, 1.54) is 0 Å². The number of aliphatic hydroxyl groups excluding tert-OH is 1. The van der Waals surface area contributed by atoms with Crippen LogP contribution in [-0.4, -0.2) is 60.4 Å². The van der Waals surface area contributed by atoms with Gasteiger partial charge in [-0.2, -0.15) is 0 Å². The summed E-state index contributed by atoms with van der Waals surface area (Å²) in [4.78, 5) is 13.3. The van der Waals surface area contributed by atoms with E-state index in [0.717, 1.165) is 19.4 Å². The molecule has 1 heterocycles. The second-order valence-electron chi connectivity index (χ2n) is 4.56. The largest absolute Gasteiger partial charge is 0.391 e. The lowest BCUT2D eigenvalue weighted by Crippen LogP contribution is -2.57. The number of likely N-dealkylation sites (N-methyl/N-ethyl adjacent to an activating group) is 1. The minimum atomic E-state index is 0.150. The zero-order chi connectivity index (χ0) is 10.8. The van der Waals surface area contributed by atoms with E-state index in [0.29, 0.717) is 11.0 Å². The number of nitrogens with zero attached hydrogens (tertiary/aromatic N) is 2. The molecule has 0 aromatic rings. The SMILES string of the molecule is CC(=O)N1CCCC1[N+](C)(C)CCO. The van der Waals surface area contributed by atoms with Crippen molar-refractivity contribution in [1.82, 2.24) is 4.90 Å². The Balaban J connectivity index is 2.70. The fourth-order valence-corrected chi connectivity index (χ4v) is 2.25. The van der Waals surface area contributed by atoms with E-state index < -0.39 is 0 Å². The minimum Gasteiger partial charge on any atom is -0.391 e. The number of likely N-dealkylation sites (tertiary alicyclic amines) is 1. The van der Waals surface area contributed by atoms with Crippen molar-refractivity contribution in [2.75, 3.05) is 33.8 Å². The molecule has 0 bridgehead atoms. The summed E-state index contributed by atoms with van der Waals surface area (Å²) in [6.07, 6.45) is 2.38. The van der Waals surface area contributed by atoms with Gasteiger partial charge in [0, 0.05) is 19.9 Å². The predicted octanol–water partition coefficient (Wildman–Crippen LogP) is 0.0235. The lowest BCUT2D eigenvalue weighted by molar-refractivity contribution is -0.923. The maximum atomic E-state index is 11.4. The van der Waals surface area contributed by atoms with Crippen LogP contribution in [0.2, 0.25) is 0 Å². The molecule has 0 aliphatic carbocycles. The van der Waals surface area contributed by atoms with Crippen molar-refractivity contribution in [3.63, 3.8) is 0 Å². The van der Waals surface area contributed by atoms with Gasteiger partial charge < -0.3 is 9.59 Å². The van der Waals surface area contributed by atoms with Crippen molar-refractivity contribution in [1.29, 1.82) is 0 Å². The van der Waals surface area contributed by atoms with E-state index in [-0.39, 0.29) is 18.7 Å². The summed E-state index contributed by atoms with van der Waals surface area (Å²) >= 11 is 0. The molecule has 1 aliphatic heterocycles.